The molecule has 2 heteroatoms. The number of hydrogen-bond acceptors (Lipinski definition) is 2. The maximum absolute atomic E-state index is 3.80. The Morgan fingerprint density at radius 1 is 1.44 bits per heavy atom. The quantitative estimate of drug-likeness (QED) is 0.839. The van der Waals surface area contributed by atoms with Crippen LogP contribution in [0.25, 0.3) is 0 Å². The van der Waals surface area contributed by atoms with Gasteiger partial charge < -0.3 is 5.32 Å². The minimum Gasteiger partial charge on any atom is -0.311 e. The molecular weight excluding hydrogens is 214 g/mol. The maximum atomic E-state index is 3.80. The van der Waals surface area contributed by atoms with Gasteiger partial charge in [-0.05, 0) is 49.6 Å². The first-order valence-corrected chi connectivity index (χ1v) is 7.38. The van der Waals surface area contributed by atoms with Crippen LogP contribution >= 0.6 is 11.3 Å². The van der Waals surface area contributed by atoms with Crippen LogP contribution in [0.3, 0.4) is 0 Å². The van der Waals surface area contributed by atoms with Crippen LogP contribution in [0.15, 0.2) is 17.5 Å². The van der Waals surface area contributed by atoms with E-state index < -0.39 is 0 Å². The number of piperidine rings is 1. The molecular formula is C14H23NS. The molecule has 1 aromatic rings. The van der Waals surface area contributed by atoms with Crippen LogP contribution in [0.1, 0.15) is 44.4 Å². The molecule has 0 bridgehead atoms. The molecule has 1 unspecified atom stereocenters. The number of rotatable bonds is 4. The van der Waals surface area contributed by atoms with Crippen molar-refractivity contribution < 1.29 is 0 Å². The third kappa shape index (κ3) is 2.67. The predicted molar refractivity (Wildman–Crippen MR) is 72.1 cm³/mol. The fourth-order valence-corrected chi connectivity index (χ4v) is 3.50. The predicted octanol–water partition coefficient (Wildman–Crippen LogP) is 3.85. The second kappa shape index (κ2) is 5.33. The number of thiophene rings is 1. The van der Waals surface area contributed by atoms with E-state index in [2.05, 4.69) is 36.7 Å². The summed E-state index contributed by atoms with van der Waals surface area (Å²) < 4.78 is 0. The van der Waals surface area contributed by atoms with E-state index in [9.17, 15) is 0 Å². The molecule has 1 atom stereocenters. The Kier molecular flexibility index (Phi) is 4.04. The fourth-order valence-electron chi connectivity index (χ4n) is 2.79. The summed E-state index contributed by atoms with van der Waals surface area (Å²) in [6.07, 6.45) is 6.65. The third-order valence-electron chi connectivity index (χ3n) is 4.03. The Hall–Kier alpha value is -0.340. The molecule has 2 heterocycles. The summed E-state index contributed by atoms with van der Waals surface area (Å²) in [6, 6.07) is 4.43. The van der Waals surface area contributed by atoms with Gasteiger partial charge in [-0.1, -0.05) is 26.3 Å². The van der Waals surface area contributed by atoms with E-state index in [1.807, 2.05) is 11.3 Å². The summed E-state index contributed by atoms with van der Waals surface area (Å²) in [5.74, 6) is 0.743. The summed E-state index contributed by atoms with van der Waals surface area (Å²) >= 11 is 1.89. The van der Waals surface area contributed by atoms with Gasteiger partial charge in [0.2, 0.25) is 0 Å². The lowest BCUT2D eigenvalue weighted by atomic mass is 9.76. The van der Waals surface area contributed by atoms with Crippen LogP contribution in [0.5, 0.6) is 0 Å². The van der Waals surface area contributed by atoms with Crippen LogP contribution in [-0.2, 0) is 6.42 Å². The van der Waals surface area contributed by atoms with Crippen molar-refractivity contribution in [1.82, 2.24) is 5.32 Å². The Labute approximate surface area is 103 Å². The molecule has 2 rings (SSSR count). The largest absolute Gasteiger partial charge is 0.311 e. The van der Waals surface area contributed by atoms with E-state index in [0.717, 1.165) is 5.92 Å². The van der Waals surface area contributed by atoms with Crippen molar-refractivity contribution in [1.29, 1.82) is 0 Å². The van der Waals surface area contributed by atoms with Crippen LogP contribution in [-0.4, -0.2) is 12.1 Å². The topological polar surface area (TPSA) is 12.0 Å². The molecule has 0 aromatic carbocycles. The molecule has 1 aromatic heterocycles. The molecule has 1 aliphatic rings. The summed E-state index contributed by atoms with van der Waals surface area (Å²) in [7, 11) is 0. The molecule has 0 saturated carbocycles. The van der Waals surface area contributed by atoms with Crippen LogP contribution in [0.2, 0.25) is 0 Å². The normalized spacial score (nSPS) is 26.2. The minimum atomic E-state index is 0.405. The van der Waals surface area contributed by atoms with E-state index >= 15 is 0 Å². The van der Waals surface area contributed by atoms with Gasteiger partial charge in [0.15, 0.2) is 0 Å². The molecule has 90 valence electrons. The molecule has 16 heavy (non-hydrogen) atoms. The number of nitrogens with one attached hydrogen (secondary N) is 1. The highest BCUT2D eigenvalue weighted by molar-refractivity contribution is 7.09. The van der Waals surface area contributed by atoms with Crippen molar-refractivity contribution in [2.24, 2.45) is 5.92 Å². The lowest BCUT2D eigenvalue weighted by Crippen LogP contribution is -2.52. The zero-order valence-electron chi connectivity index (χ0n) is 10.5. The van der Waals surface area contributed by atoms with Crippen LogP contribution in [0, 0.1) is 5.92 Å². The van der Waals surface area contributed by atoms with Crippen molar-refractivity contribution in [3.8, 4) is 0 Å². The lowest BCUT2D eigenvalue weighted by molar-refractivity contribution is 0.170. The first kappa shape index (κ1) is 12.1. The van der Waals surface area contributed by atoms with E-state index in [1.165, 1.54) is 43.5 Å². The van der Waals surface area contributed by atoms with Gasteiger partial charge in [0, 0.05) is 10.4 Å². The summed E-state index contributed by atoms with van der Waals surface area (Å²) in [5, 5.41) is 5.99. The lowest BCUT2D eigenvalue weighted by Gasteiger charge is -2.42. The standard InChI is InChI=1S/C14H23NS/c1-12(2)14(8-3-4-10-15-14)9-7-13-6-5-11-16-13/h5-6,11-12,15H,3-4,7-10H2,1-2H3. The van der Waals surface area contributed by atoms with Gasteiger partial charge in [-0.25, -0.2) is 0 Å². The van der Waals surface area contributed by atoms with Gasteiger partial charge in [0.25, 0.3) is 0 Å². The highest BCUT2D eigenvalue weighted by atomic mass is 32.1. The van der Waals surface area contributed by atoms with Crippen molar-refractivity contribution >= 4 is 11.3 Å². The molecule has 1 saturated heterocycles. The van der Waals surface area contributed by atoms with Crippen molar-refractivity contribution in [3.05, 3.63) is 22.4 Å². The van der Waals surface area contributed by atoms with Crippen LogP contribution < -0.4 is 5.32 Å². The van der Waals surface area contributed by atoms with Gasteiger partial charge >= 0.3 is 0 Å². The van der Waals surface area contributed by atoms with Crippen LogP contribution in [0.4, 0.5) is 0 Å². The smallest absolute Gasteiger partial charge is 0.0207 e. The molecule has 0 aliphatic carbocycles. The first-order chi connectivity index (χ1) is 7.73. The minimum absolute atomic E-state index is 0.405. The Morgan fingerprint density at radius 2 is 2.31 bits per heavy atom. The molecule has 0 amide bonds. The van der Waals surface area contributed by atoms with Crippen molar-refractivity contribution in [3.63, 3.8) is 0 Å². The third-order valence-corrected chi connectivity index (χ3v) is 4.97. The summed E-state index contributed by atoms with van der Waals surface area (Å²) in [5.41, 5.74) is 0.405. The van der Waals surface area contributed by atoms with Crippen molar-refractivity contribution in [2.45, 2.75) is 51.5 Å². The van der Waals surface area contributed by atoms with E-state index in [1.54, 1.807) is 0 Å². The highest BCUT2D eigenvalue weighted by Crippen LogP contribution is 2.32. The fraction of sp³-hybridized carbons (Fsp3) is 0.714. The van der Waals surface area contributed by atoms with Gasteiger partial charge in [0.05, 0.1) is 0 Å². The number of aryl methyl sites for hydroxylation is 1. The molecule has 1 N–H and O–H groups in total. The zero-order valence-corrected chi connectivity index (χ0v) is 11.3. The number of hydrogen-bond donors (Lipinski definition) is 1. The van der Waals surface area contributed by atoms with E-state index in [0.29, 0.717) is 5.54 Å². The maximum Gasteiger partial charge on any atom is 0.0207 e. The second-order valence-corrected chi connectivity index (χ2v) is 6.31. The average Bonchev–Trinajstić information content (AvgIpc) is 2.80. The molecule has 0 spiro atoms. The van der Waals surface area contributed by atoms with Gasteiger partial charge in [-0.2, -0.15) is 0 Å². The summed E-state index contributed by atoms with van der Waals surface area (Å²) in [6.45, 7) is 5.95. The second-order valence-electron chi connectivity index (χ2n) is 5.27. The molecule has 1 aliphatic heterocycles. The Balaban J connectivity index is 1.97. The van der Waals surface area contributed by atoms with E-state index in [4.69, 9.17) is 0 Å². The first-order valence-electron chi connectivity index (χ1n) is 6.50. The SMILES string of the molecule is CC(C)C1(CCc2cccs2)CCCCN1. The Bertz CT molecular complexity index is 297. The average molecular weight is 237 g/mol. The van der Waals surface area contributed by atoms with Gasteiger partial charge in [-0.3, -0.25) is 0 Å². The highest BCUT2D eigenvalue weighted by Gasteiger charge is 2.34. The van der Waals surface area contributed by atoms with Crippen molar-refractivity contribution in [2.75, 3.05) is 6.54 Å². The molecule has 1 fully saturated rings. The van der Waals surface area contributed by atoms with Gasteiger partial charge in [0.1, 0.15) is 0 Å². The molecule has 0 radical (unpaired) electrons. The Morgan fingerprint density at radius 3 is 2.88 bits per heavy atom. The van der Waals surface area contributed by atoms with Gasteiger partial charge in [-0.15, -0.1) is 11.3 Å². The zero-order chi connectivity index (χ0) is 11.4. The van der Waals surface area contributed by atoms with E-state index in [-0.39, 0.29) is 0 Å². The molecule has 1 nitrogen and oxygen atoms in total. The summed E-state index contributed by atoms with van der Waals surface area (Å²) in [4.78, 5) is 1.53. The monoisotopic (exact) mass is 237 g/mol.